The van der Waals surface area contributed by atoms with Gasteiger partial charge in [0.05, 0.1) is 5.56 Å². The molecule has 0 atom stereocenters. The van der Waals surface area contributed by atoms with Gasteiger partial charge in [-0.3, -0.25) is 10.2 Å². The molecule has 0 aliphatic carbocycles. The lowest BCUT2D eigenvalue weighted by molar-refractivity contribution is 0.0697. The number of carboxylic acid groups (broad SMARTS) is 1. The summed E-state index contributed by atoms with van der Waals surface area (Å²) in [6.07, 6.45) is 0. The van der Waals surface area contributed by atoms with E-state index in [1.54, 1.807) is 12.1 Å². The summed E-state index contributed by atoms with van der Waals surface area (Å²) in [7, 11) is 0. The second-order valence-corrected chi connectivity index (χ2v) is 3.28. The molecule has 0 saturated carbocycles. The fraction of sp³-hybridized carbons (Fsp3) is 0. The Labute approximate surface area is 89.8 Å². The van der Waals surface area contributed by atoms with Crippen molar-refractivity contribution in [3.05, 3.63) is 34.6 Å². The highest BCUT2D eigenvalue weighted by Crippen LogP contribution is 2.14. The van der Waals surface area contributed by atoms with Gasteiger partial charge in [0.2, 0.25) is 4.77 Å². The maximum absolute atomic E-state index is 10.6. The second kappa shape index (κ2) is 3.66. The molecular weight excluding hydrogens is 214 g/mol. The van der Waals surface area contributed by atoms with E-state index in [0.717, 1.165) is 5.56 Å². The van der Waals surface area contributed by atoms with Gasteiger partial charge in [-0.15, -0.1) is 0 Å². The Morgan fingerprint density at radius 3 is 2.40 bits per heavy atom. The summed E-state index contributed by atoms with van der Waals surface area (Å²) in [6.45, 7) is 0. The van der Waals surface area contributed by atoms with E-state index < -0.39 is 5.97 Å². The molecule has 2 rings (SSSR count). The smallest absolute Gasteiger partial charge is 0.335 e. The van der Waals surface area contributed by atoms with E-state index in [4.69, 9.17) is 17.3 Å². The maximum Gasteiger partial charge on any atom is 0.335 e. The van der Waals surface area contributed by atoms with E-state index in [1.807, 2.05) is 0 Å². The first kappa shape index (κ1) is 9.60. The zero-order valence-electron chi connectivity index (χ0n) is 7.52. The normalized spacial score (nSPS) is 10.1. The minimum atomic E-state index is -0.948. The Bertz CT molecular complexity index is 541. The van der Waals surface area contributed by atoms with Gasteiger partial charge in [0.1, 0.15) is 0 Å². The van der Waals surface area contributed by atoms with Crippen LogP contribution in [0.5, 0.6) is 0 Å². The van der Waals surface area contributed by atoms with Gasteiger partial charge in [-0.25, -0.2) is 4.79 Å². The first-order chi connectivity index (χ1) is 7.16. The number of rotatable bonds is 2. The summed E-state index contributed by atoms with van der Waals surface area (Å²) < 4.78 is 0.368. The minimum Gasteiger partial charge on any atom is -0.478 e. The number of carbonyl (C=O) groups is 1. The number of nitrogens with one attached hydrogen (secondary N) is 2. The molecule has 5 nitrogen and oxygen atoms in total. The summed E-state index contributed by atoms with van der Waals surface area (Å²) >= 11 is 4.81. The number of aromatic carboxylic acids is 1. The molecule has 76 valence electrons. The van der Waals surface area contributed by atoms with Crippen LogP contribution in [0.25, 0.3) is 11.4 Å². The van der Waals surface area contributed by atoms with Crippen LogP contribution in [0.1, 0.15) is 10.4 Å². The number of benzene rings is 1. The van der Waals surface area contributed by atoms with Crippen molar-refractivity contribution >= 4 is 18.2 Å². The summed E-state index contributed by atoms with van der Waals surface area (Å²) in [5, 5.41) is 14.2. The van der Waals surface area contributed by atoms with Crippen molar-refractivity contribution in [2.75, 3.05) is 0 Å². The van der Waals surface area contributed by atoms with Crippen LogP contribution in [0, 0.1) is 4.77 Å². The van der Waals surface area contributed by atoms with Gasteiger partial charge in [0.25, 0.3) is 0 Å². The van der Waals surface area contributed by atoms with Crippen molar-refractivity contribution in [2.24, 2.45) is 0 Å². The number of carboxylic acids is 1. The summed E-state index contributed by atoms with van der Waals surface area (Å²) in [6, 6.07) is 6.38. The third-order valence-corrected chi connectivity index (χ3v) is 2.10. The quantitative estimate of drug-likeness (QED) is 0.676. The zero-order valence-corrected chi connectivity index (χ0v) is 8.34. The summed E-state index contributed by atoms with van der Waals surface area (Å²) in [5.41, 5.74) is 1.03. The Balaban J connectivity index is 2.39. The van der Waals surface area contributed by atoms with Gasteiger partial charge in [0, 0.05) is 5.56 Å². The molecule has 0 radical (unpaired) electrons. The number of aromatic amines is 2. The molecule has 0 aliphatic heterocycles. The van der Waals surface area contributed by atoms with Crippen LogP contribution in [0.2, 0.25) is 0 Å². The topological polar surface area (TPSA) is 81.8 Å². The molecule has 0 unspecified atom stereocenters. The lowest BCUT2D eigenvalue weighted by Gasteiger charge is -1.96. The Kier molecular flexibility index (Phi) is 2.34. The van der Waals surface area contributed by atoms with E-state index in [0.29, 0.717) is 10.6 Å². The van der Waals surface area contributed by atoms with Crippen molar-refractivity contribution < 1.29 is 9.90 Å². The molecule has 0 amide bonds. The molecule has 2 aromatic rings. The van der Waals surface area contributed by atoms with Crippen LogP contribution in [-0.2, 0) is 0 Å². The van der Waals surface area contributed by atoms with E-state index in [1.165, 1.54) is 12.1 Å². The van der Waals surface area contributed by atoms with Crippen LogP contribution in [0.4, 0.5) is 0 Å². The van der Waals surface area contributed by atoms with Crippen LogP contribution in [0.3, 0.4) is 0 Å². The molecule has 0 bridgehead atoms. The fourth-order valence-electron chi connectivity index (χ4n) is 1.18. The van der Waals surface area contributed by atoms with Crippen molar-refractivity contribution in [3.63, 3.8) is 0 Å². The van der Waals surface area contributed by atoms with E-state index in [9.17, 15) is 4.79 Å². The van der Waals surface area contributed by atoms with Gasteiger partial charge in [0.15, 0.2) is 5.82 Å². The standard InChI is InChI=1S/C9H7N3O2S/c13-8(14)6-3-1-5(2-4-6)7-10-9(15)12-11-7/h1-4H,(H,13,14)(H2,10,11,12,15). The predicted octanol–water partition coefficient (Wildman–Crippen LogP) is 1.83. The maximum atomic E-state index is 10.6. The average Bonchev–Trinajstić information content (AvgIpc) is 2.65. The van der Waals surface area contributed by atoms with Crippen molar-refractivity contribution in [1.82, 2.24) is 15.2 Å². The van der Waals surface area contributed by atoms with Crippen molar-refractivity contribution in [2.45, 2.75) is 0 Å². The lowest BCUT2D eigenvalue weighted by Crippen LogP contribution is -1.95. The molecule has 1 heterocycles. The largest absolute Gasteiger partial charge is 0.478 e. The van der Waals surface area contributed by atoms with Crippen LogP contribution in [0.15, 0.2) is 24.3 Å². The number of H-pyrrole nitrogens is 2. The first-order valence-electron chi connectivity index (χ1n) is 4.15. The SMILES string of the molecule is O=C(O)c1ccc(-c2nc(=S)[nH][nH]2)cc1. The Morgan fingerprint density at radius 1 is 1.27 bits per heavy atom. The minimum absolute atomic E-state index is 0.243. The van der Waals surface area contributed by atoms with Crippen LogP contribution in [-0.4, -0.2) is 26.3 Å². The number of nitrogens with zero attached hydrogens (tertiary/aromatic N) is 1. The van der Waals surface area contributed by atoms with Gasteiger partial charge in [-0.2, -0.15) is 4.98 Å². The lowest BCUT2D eigenvalue weighted by atomic mass is 10.1. The van der Waals surface area contributed by atoms with E-state index in [-0.39, 0.29) is 5.56 Å². The average molecular weight is 221 g/mol. The first-order valence-corrected chi connectivity index (χ1v) is 4.56. The molecule has 6 heteroatoms. The van der Waals surface area contributed by atoms with Crippen molar-refractivity contribution in [3.8, 4) is 11.4 Å². The molecule has 1 aromatic heterocycles. The van der Waals surface area contributed by atoms with Crippen molar-refractivity contribution in [1.29, 1.82) is 0 Å². The molecule has 0 spiro atoms. The molecule has 15 heavy (non-hydrogen) atoms. The predicted molar refractivity (Wildman–Crippen MR) is 56.2 cm³/mol. The van der Waals surface area contributed by atoms with Gasteiger partial charge < -0.3 is 5.11 Å². The summed E-state index contributed by atoms with van der Waals surface area (Å²) in [4.78, 5) is 14.6. The molecule has 1 aromatic carbocycles. The van der Waals surface area contributed by atoms with Crippen LogP contribution >= 0.6 is 12.2 Å². The Morgan fingerprint density at radius 2 is 1.93 bits per heavy atom. The zero-order chi connectivity index (χ0) is 10.8. The summed E-state index contributed by atoms with van der Waals surface area (Å²) in [5.74, 6) is -0.353. The van der Waals surface area contributed by atoms with Gasteiger partial charge >= 0.3 is 5.97 Å². The fourth-order valence-corrected chi connectivity index (χ4v) is 1.32. The van der Waals surface area contributed by atoms with E-state index in [2.05, 4.69) is 15.2 Å². The molecule has 0 fully saturated rings. The molecule has 0 aliphatic rings. The highest BCUT2D eigenvalue weighted by Gasteiger charge is 2.04. The highest BCUT2D eigenvalue weighted by atomic mass is 32.1. The second-order valence-electron chi connectivity index (χ2n) is 2.90. The number of hydrogen-bond donors (Lipinski definition) is 3. The highest BCUT2D eigenvalue weighted by molar-refractivity contribution is 7.71. The number of aromatic nitrogens is 3. The Hall–Kier alpha value is -1.95. The van der Waals surface area contributed by atoms with Gasteiger partial charge in [-0.1, -0.05) is 12.1 Å². The molecule has 3 N–H and O–H groups in total. The molecular formula is C9H7N3O2S. The van der Waals surface area contributed by atoms with E-state index >= 15 is 0 Å². The third-order valence-electron chi connectivity index (χ3n) is 1.91. The van der Waals surface area contributed by atoms with Crippen LogP contribution < -0.4 is 0 Å². The monoisotopic (exact) mass is 221 g/mol. The van der Waals surface area contributed by atoms with Gasteiger partial charge in [-0.05, 0) is 24.4 Å². The third kappa shape index (κ3) is 1.94. The number of hydrogen-bond acceptors (Lipinski definition) is 3. The molecule has 0 saturated heterocycles.